The Morgan fingerprint density at radius 1 is 0.684 bits per heavy atom. The Bertz CT molecular complexity index is 310. The molecule has 0 unspecified atom stereocenters. The van der Waals surface area contributed by atoms with Crippen molar-refractivity contribution in [3.8, 4) is 0 Å². The van der Waals surface area contributed by atoms with E-state index < -0.39 is 37.7 Å². The van der Waals surface area contributed by atoms with Crippen molar-refractivity contribution in [3.63, 3.8) is 0 Å². The third-order valence-electron chi connectivity index (χ3n) is 1.13. The van der Waals surface area contributed by atoms with Gasteiger partial charge < -0.3 is 0 Å². The van der Waals surface area contributed by atoms with Gasteiger partial charge in [-0.2, -0.15) is 8.42 Å². The first kappa shape index (κ1) is 24.4. The summed E-state index contributed by atoms with van der Waals surface area (Å²) < 4.78 is 31.6. The van der Waals surface area contributed by atoms with Crippen molar-refractivity contribution in [2.24, 2.45) is 0 Å². The number of hydrogen-bond donors (Lipinski definition) is 10. The van der Waals surface area contributed by atoms with Crippen molar-refractivity contribution in [1.82, 2.24) is 0 Å². The molecular weight excluding hydrogens is 334 g/mol. The first-order valence-electron chi connectivity index (χ1n) is 4.35. The largest absolute Gasteiger partial charge is 0.394 e. The van der Waals surface area contributed by atoms with Gasteiger partial charge in [0.15, 0.2) is 0 Å². The zero-order valence-electron chi connectivity index (χ0n) is 10.0. The first-order chi connectivity index (χ1) is 7.62. The van der Waals surface area contributed by atoms with Crippen LogP contribution in [-0.2, 0) is 10.4 Å². The summed E-state index contributed by atoms with van der Waals surface area (Å²) in [7, 11) is -14.8. The molecule has 0 aliphatic rings. The van der Waals surface area contributed by atoms with Crippen LogP contribution >= 0.6 is 15.0 Å². The summed E-state index contributed by atoms with van der Waals surface area (Å²) in [6.07, 6.45) is -0.822. The Kier molecular flexibility index (Phi) is 8.89. The second kappa shape index (κ2) is 6.91. The van der Waals surface area contributed by atoms with E-state index in [-0.39, 0.29) is 0 Å². The third-order valence-corrected chi connectivity index (χ3v) is 3.39. The molecule has 0 amide bonds. The zero-order valence-corrected chi connectivity index (χ0v) is 12.6. The van der Waals surface area contributed by atoms with Gasteiger partial charge in [0.05, 0.1) is 0 Å². The maximum Gasteiger partial charge on any atom is 0.394 e. The van der Waals surface area contributed by atoms with Crippen LogP contribution in [0, 0.1) is 0 Å². The standard InChI is InChI=1S/2C2H9O4P.H2O4S/c2*1-2-7(3,4,5)6;1-5(2,3)4/h2*3-6H,2H2,1H3;(H2,1,2,3,4). The summed E-state index contributed by atoms with van der Waals surface area (Å²) in [6, 6.07) is 0. The van der Waals surface area contributed by atoms with Gasteiger partial charge in [-0.3, -0.25) is 9.11 Å². The number of rotatable bonds is 2. The predicted molar refractivity (Wildman–Crippen MR) is 66.8 cm³/mol. The van der Waals surface area contributed by atoms with E-state index >= 15 is 0 Å². The molecule has 0 heterocycles. The summed E-state index contributed by atoms with van der Waals surface area (Å²) in [4.78, 5) is 64.7. The fourth-order valence-electron chi connectivity index (χ4n) is 0. The molecule has 10 N–H and O–H groups in total. The summed E-state index contributed by atoms with van der Waals surface area (Å²) in [5.41, 5.74) is 0. The smallest absolute Gasteiger partial charge is 0.264 e. The van der Waals surface area contributed by atoms with Crippen LogP contribution in [0.5, 0.6) is 0 Å². The van der Waals surface area contributed by atoms with Crippen LogP contribution in [0.4, 0.5) is 0 Å². The molecule has 0 radical (unpaired) electrons. The third kappa shape index (κ3) is 70.1. The fourth-order valence-corrected chi connectivity index (χ4v) is 0. The summed E-state index contributed by atoms with van der Waals surface area (Å²) >= 11 is 0. The second-order valence-electron chi connectivity index (χ2n) is 3.28. The van der Waals surface area contributed by atoms with Gasteiger partial charge in [-0.05, 0) is 0 Å². The molecule has 0 atom stereocenters. The van der Waals surface area contributed by atoms with Crippen molar-refractivity contribution in [1.29, 1.82) is 0 Å². The van der Waals surface area contributed by atoms with E-state index in [4.69, 9.17) is 56.7 Å². The molecule has 0 fully saturated rings. The van der Waals surface area contributed by atoms with E-state index in [0.717, 1.165) is 0 Å². The van der Waals surface area contributed by atoms with Gasteiger partial charge in [-0.25, -0.2) is 0 Å². The number of hydrogen-bond acceptors (Lipinski definition) is 10. The molecule has 0 aromatic heterocycles. The van der Waals surface area contributed by atoms with Gasteiger partial charge in [0.2, 0.25) is 0 Å². The van der Waals surface area contributed by atoms with Crippen molar-refractivity contribution in [3.05, 3.63) is 0 Å². The molecule has 0 aromatic carbocycles. The normalized spacial score (nSPS) is 16.4. The van der Waals surface area contributed by atoms with Gasteiger partial charge in [-0.1, -0.05) is 0 Å². The molecule has 0 rings (SSSR count). The van der Waals surface area contributed by atoms with Gasteiger partial charge in [0.25, 0.3) is 0 Å². The molecule has 0 aromatic rings. The molecule has 0 spiro atoms. The maximum atomic E-state index is 8.74. The van der Waals surface area contributed by atoms with E-state index in [2.05, 4.69) is 0 Å². The SMILES string of the molecule is CCP(O)(O)(O)O.CCP(O)(O)(O)O.O=S(=O)(O)O. The minimum atomic E-state index is -5.08. The van der Waals surface area contributed by atoms with E-state index in [1.807, 2.05) is 0 Å². The van der Waals surface area contributed by atoms with Crippen molar-refractivity contribution < 1.29 is 56.7 Å². The molecular formula is C4H20O12P2S. The average molecular weight is 354 g/mol. The molecule has 0 aliphatic carbocycles. The Balaban J connectivity index is -0.000000206. The van der Waals surface area contributed by atoms with Gasteiger partial charge in [0, 0.05) is 0 Å². The summed E-state index contributed by atoms with van der Waals surface area (Å²) in [5.74, 6) is 0. The molecule has 0 saturated heterocycles. The monoisotopic (exact) mass is 354 g/mol. The van der Waals surface area contributed by atoms with Crippen LogP contribution in [0.2, 0.25) is 0 Å². The van der Waals surface area contributed by atoms with Crippen LogP contribution in [-0.4, -0.2) is 69.0 Å². The minimum absolute atomic E-state index is 0.411. The molecule has 124 valence electrons. The van der Waals surface area contributed by atoms with Crippen LogP contribution < -0.4 is 0 Å². The molecule has 0 saturated carbocycles. The van der Waals surface area contributed by atoms with Crippen molar-refractivity contribution >= 4 is 25.4 Å². The van der Waals surface area contributed by atoms with Crippen LogP contribution in [0.25, 0.3) is 0 Å². The predicted octanol–water partition coefficient (Wildman–Crippen LogP) is -2.28. The molecule has 12 nitrogen and oxygen atoms in total. The Morgan fingerprint density at radius 2 is 0.737 bits per heavy atom. The van der Waals surface area contributed by atoms with E-state index in [1.165, 1.54) is 13.8 Å². The molecule has 15 heteroatoms. The quantitative estimate of drug-likeness (QED) is 0.186. The Morgan fingerprint density at radius 3 is 0.737 bits per heavy atom. The summed E-state index contributed by atoms with van der Waals surface area (Å²) in [5, 5.41) is 0. The van der Waals surface area contributed by atoms with Crippen LogP contribution in [0.15, 0.2) is 0 Å². The Hall–Kier alpha value is 0.410. The van der Waals surface area contributed by atoms with Crippen molar-refractivity contribution in [2.75, 3.05) is 12.3 Å². The Labute approximate surface area is 109 Å². The molecule has 0 aliphatic heterocycles. The molecule has 19 heavy (non-hydrogen) atoms. The second-order valence-corrected chi connectivity index (χ2v) is 9.85. The maximum absolute atomic E-state index is 8.74. The molecule has 0 bridgehead atoms. The average Bonchev–Trinajstić information content (AvgIpc) is 1.97. The zero-order chi connectivity index (χ0) is 16.8. The topological polar surface area (TPSA) is 236 Å². The van der Waals surface area contributed by atoms with Gasteiger partial charge >= 0.3 is 90.7 Å². The van der Waals surface area contributed by atoms with Crippen LogP contribution in [0.3, 0.4) is 0 Å². The van der Waals surface area contributed by atoms with Crippen LogP contribution in [0.1, 0.15) is 13.8 Å². The van der Waals surface area contributed by atoms with E-state index in [1.54, 1.807) is 0 Å². The van der Waals surface area contributed by atoms with Crippen molar-refractivity contribution in [2.45, 2.75) is 13.8 Å². The minimum Gasteiger partial charge on any atom is -0.264 e. The van der Waals surface area contributed by atoms with E-state index in [9.17, 15) is 0 Å². The summed E-state index contributed by atoms with van der Waals surface area (Å²) in [6.45, 7) is 2.55. The van der Waals surface area contributed by atoms with E-state index in [0.29, 0.717) is 0 Å². The van der Waals surface area contributed by atoms with Gasteiger partial charge in [0.1, 0.15) is 0 Å². The fraction of sp³-hybridized carbons (Fsp3) is 1.00. The first-order valence-corrected chi connectivity index (χ1v) is 10.2. The van der Waals surface area contributed by atoms with Gasteiger partial charge in [-0.15, -0.1) is 0 Å².